The quantitative estimate of drug-likeness (QED) is 0.288. The van der Waals surface area contributed by atoms with Gasteiger partial charge in [0.15, 0.2) is 6.61 Å². The average Bonchev–Trinajstić information content (AvgIpc) is 2.79. The normalized spacial score (nSPS) is 10.7. The molecule has 3 aromatic carbocycles. The number of nitrogens with zero attached hydrogens (tertiary/aromatic N) is 1. The van der Waals surface area contributed by atoms with Gasteiger partial charge in [-0.25, -0.2) is 5.43 Å². The van der Waals surface area contributed by atoms with E-state index in [0.717, 1.165) is 11.1 Å². The molecule has 0 unspecified atom stereocenters. The van der Waals surface area contributed by atoms with Gasteiger partial charge in [0.2, 0.25) is 5.91 Å². The van der Waals surface area contributed by atoms with Crippen LogP contribution in [0.25, 0.3) is 0 Å². The Morgan fingerprint density at radius 1 is 0.939 bits per heavy atom. The SMILES string of the molecule is O=C(CSCc1cccc(Cl)c1)N/N=C/c1ccc(OCC(=O)Nc2cccc(Cl)c2)cc1. The summed E-state index contributed by atoms with van der Waals surface area (Å²) in [7, 11) is 0. The molecule has 2 amide bonds. The van der Waals surface area contributed by atoms with Crippen LogP contribution in [0.15, 0.2) is 77.9 Å². The Morgan fingerprint density at radius 3 is 2.39 bits per heavy atom. The highest BCUT2D eigenvalue weighted by molar-refractivity contribution is 7.99. The fraction of sp³-hybridized carbons (Fsp3) is 0.125. The van der Waals surface area contributed by atoms with Crippen molar-refractivity contribution in [2.45, 2.75) is 5.75 Å². The van der Waals surface area contributed by atoms with Crippen LogP contribution < -0.4 is 15.5 Å². The van der Waals surface area contributed by atoms with E-state index in [4.69, 9.17) is 27.9 Å². The molecule has 0 aliphatic rings. The molecule has 0 saturated heterocycles. The van der Waals surface area contributed by atoms with Gasteiger partial charge in [-0.15, -0.1) is 11.8 Å². The summed E-state index contributed by atoms with van der Waals surface area (Å²) in [6.45, 7) is -0.136. The van der Waals surface area contributed by atoms with Crippen LogP contribution in [0.1, 0.15) is 11.1 Å². The van der Waals surface area contributed by atoms with Gasteiger partial charge in [0.1, 0.15) is 5.75 Å². The zero-order valence-corrected chi connectivity index (χ0v) is 19.8. The molecule has 3 aromatic rings. The first-order chi connectivity index (χ1) is 16.0. The number of rotatable bonds is 10. The number of carbonyl (C=O) groups is 2. The molecule has 0 saturated carbocycles. The fourth-order valence-corrected chi connectivity index (χ4v) is 3.83. The molecule has 0 atom stereocenters. The summed E-state index contributed by atoms with van der Waals surface area (Å²) < 4.78 is 5.49. The summed E-state index contributed by atoms with van der Waals surface area (Å²) >= 11 is 13.3. The smallest absolute Gasteiger partial charge is 0.262 e. The third kappa shape index (κ3) is 9.18. The lowest BCUT2D eigenvalue weighted by atomic mass is 10.2. The monoisotopic (exact) mass is 501 g/mol. The molecular weight excluding hydrogens is 481 g/mol. The minimum Gasteiger partial charge on any atom is -0.484 e. The van der Waals surface area contributed by atoms with E-state index in [0.29, 0.717) is 27.2 Å². The van der Waals surface area contributed by atoms with Crippen molar-refractivity contribution in [1.29, 1.82) is 0 Å². The Balaban J connectivity index is 1.36. The summed E-state index contributed by atoms with van der Waals surface area (Å²) in [4.78, 5) is 23.9. The highest BCUT2D eigenvalue weighted by atomic mass is 35.5. The van der Waals surface area contributed by atoms with Crippen molar-refractivity contribution in [3.63, 3.8) is 0 Å². The zero-order chi connectivity index (χ0) is 23.5. The van der Waals surface area contributed by atoms with Gasteiger partial charge >= 0.3 is 0 Å². The van der Waals surface area contributed by atoms with E-state index in [9.17, 15) is 9.59 Å². The average molecular weight is 502 g/mol. The molecule has 0 spiro atoms. The Hall–Kier alpha value is -3.00. The molecule has 6 nitrogen and oxygen atoms in total. The minimum absolute atomic E-state index is 0.136. The molecule has 0 aliphatic carbocycles. The zero-order valence-electron chi connectivity index (χ0n) is 17.5. The van der Waals surface area contributed by atoms with E-state index < -0.39 is 0 Å². The molecule has 2 N–H and O–H groups in total. The molecule has 33 heavy (non-hydrogen) atoms. The van der Waals surface area contributed by atoms with Crippen LogP contribution in [0.5, 0.6) is 5.75 Å². The summed E-state index contributed by atoms with van der Waals surface area (Å²) in [6.07, 6.45) is 1.54. The maximum Gasteiger partial charge on any atom is 0.262 e. The Kier molecular flexibility index (Phi) is 9.62. The number of benzene rings is 3. The number of ether oxygens (including phenoxy) is 1. The Labute approximate surface area is 206 Å². The van der Waals surface area contributed by atoms with Crippen LogP contribution in [0.2, 0.25) is 10.0 Å². The van der Waals surface area contributed by atoms with Crippen molar-refractivity contribution in [2.24, 2.45) is 5.10 Å². The number of hydrogen-bond donors (Lipinski definition) is 2. The number of thioether (sulfide) groups is 1. The molecule has 0 radical (unpaired) electrons. The van der Waals surface area contributed by atoms with Gasteiger partial charge in [0.25, 0.3) is 5.91 Å². The van der Waals surface area contributed by atoms with Crippen molar-refractivity contribution in [3.05, 3.63) is 94.0 Å². The van der Waals surface area contributed by atoms with Gasteiger partial charge < -0.3 is 10.1 Å². The first-order valence-corrected chi connectivity index (χ1v) is 11.8. The number of hydrogen-bond acceptors (Lipinski definition) is 5. The third-order valence-electron chi connectivity index (χ3n) is 4.15. The van der Waals surface area contributed by atoms with Gasteiger partial charge in [0, 0.05) is 21.5 Å². The number of hydrazone groups is 1. The van der Waals surface area contributed by atoms with E-state index in [-0.39, 0.29) is 24.2 Å². The second-order valence-electron chi connectivity index (χ2n) is 6.83. The number of carbonyl (C=O) groups excluding carboxylic acids is 2. The van der Waals surface area contributed by atoms with Crippen LogP contribution in [0, 0.1) is 0 Å². The molecule has 0 bridgehead atoms. The number of nitrogens with one attached hydrogen (secondary N) is 2. The second-order valence-corrected chi connectivity index (χ2v) is 8.69. The van der Waals surface area contributed by atoms with Gasteiger partial charge in [0.05, 0.1) is 12.0 Å². The maximum absolute atomic E-state index is 12.0. The Bertz CT molecular complexity index is 1120. The number of anilines is 1. The molecule has 170 valence electrons. The molecule has 0 aliphatic heterocycles. The molecule has 9 heteroatoms. The van der Waals surface area contributed by atoms with Crippen molar-refractivity contribution in [1.82, 2.24) is 5.43 Å². The van der Waals surface area contributed by atoms with E-state index in [2.05, 4.69) is 15.8 Å². The van der Waals surface area contributed by atoms with Crippen LogP contribution >= 0.6 is 35.0 Å². The summed E-state index contributed by atoms with van der Waals surface area (Å²) in [5.74, 6) is 1.03. The minimum atomic E-state index is -0.293. The third-order valence-corrected chi connectivity index (χ3v) is 5.63. The van der Waals surface area contributed by atoms with Gasteiger partial charge in [-0.1, -0.05) is 41.4 Å². The van der Waals surface area contributed by atoms with Crippen molar-refractivity contribution in [3.8, 4) is 5.75 Å². The maximum atomic E-state index is 12.0. The largest absolute Gasteiger partial charge is 0.484 e. The Morgan fingerprint density at radius 2 is 1.67 bits per heavy atom. The number of halogens is 2. The standard InChI is InChI=1S/C24H21Cl2N3O3S/c25-19-4-1-3-18(11-19)15-33-16-24(31)29-27-13-17-7-9-22(10-8-17)32-14-23(30)28-21-6-2-5-20(26)12-21/h1-13H,14-16H2,(H,28,30)(H,29,31)/b27-13+. The molecule has 0 aromatic heterocycles. The van der Waals surface area contributed by atoms with Crippen LogP contribution in [0.4, 0.5) is 5.69 Å². The van der Waals surface area contributed by atoms with Gasteiger partial charge in [-0.2, -0.15) is 5.10 Å². The highest BCUT2D eigenvalue weighted by Gasteiger charge is 2.05. The predicted molar refractivity (Wildman–Crippen MR) is 135 cm³/mol. The lowest BCUT2D eigenvalue weighted by molar-refractivity contribution is -0.119. The van der Waals surface area contributed by atoms with Crippen molar-refractivity contribution in [2.75, 3.05) is 17.7 Å². The molecule has 0 fully saturated rings. The summed E-state index contributed by atoms with van der Waals surface area (Å²) in [5.41, 5.74) is 4.94. The molecule has 0 heterocycles. The lowest BCUT2D eigenvalue weighted by Crippen LogP contribution is -2.20. The second kappa shape index (κ2) is 12.9. The van der Waals surface area contributed by atoms with Crippen LogP contribution in [-0.2, 0) is 15.3 Å². The van der Waals surface area contributed by atoms with E-state index in [1.165, 1.54) is 18.0 Å². The topological polar surface area (TPSA) is 79.8 Å². The van der Waals surface area contributed by atoms with E-state index in [1.807, 2.05) is 24.3 Å². The summed E-state index contributed by atoms with van der Waals surface area (Å²) in [6, 6.07) is 21.4. The predicted octanol–water partition coefficient (Wildman–Crippen LogP) is 5.39. The van der Waals surface area contributed by atoms with Gasteiger partial charge in [-0.3, -0.25) is 9.59 Å². The number of amides is 2. The van der Waals surface area contributed by atoms with Crippen molar-refractivity contribution >= 4 is 58.7 Å². The van der Waals surface area contributed by atoms with E-state index >= 15 is 0 Å². The van der Waals surface area contributed by atoms with E-state index in [1.54, 1.807) is 48.5 Å². The lowest BCUT2D eigenvalue weighted by Gasteiger charge is -2.08. The first kappa shape index (κ1) is 24.6. The fourth-order valence-electron chi connectivity index (χ4n) is 2.66. The van der Waals surface area contributed by atoms with Crippen LogP contribution in [-0.4, -0.2) is 30.4 Å². The summed E-state index contributed by atoms with van der Waals surface area (Å²) in [5, 5.41) is 7.90. The highest BCUT2D eigenvalue weighted by Crippen LogP contribution is 2.17. The molecular formula is C24H21Cl2N3O3S. The van der Waals surface area contributed by atoms with Crippen molar-refractivity contribution < 1.29 is 14.3 Å². The van der Waals surface area contributed by atoms with Gasteiger partial charge in [-0.05, 0) is 65.7 Å². The first-order valence-electron chi connectivity index (χ1n) is 9.90. The molecule has 3 rings (SSSR count). The van der Waals surface area contributed by atoms with Crippen LogP contribution in [0.3, 0.4) is 0 Å².